The number of amides is 1. The van der Waals surface area contributed by atoms with Crippen molar-refractivity contribution in [1.82, 2.24) is 5.32 Å². The maximum absolute atomic E-state index is 13.3. The predicted molar refractivity (Wildman–Crippen MR) is 86.5 cm³/mol. The fraction of sp³-hybridized carbons (Fsp3) is 0.500. The van der Waals surface area contributed by atoms with E-state index in [0.717, 1.165) is 18.6 Å². The highest BCUT2D eigenvalue weighted by atomic mass is 32.2. The van der Waals surface area contributed by atoms with Gasteiger partial charge in [-0.25, -0.2) is 9.18 Å². The molecule has 1 aromatic carbocycles. The summed E-state index contributed by atoms with van der Waals surface area (Å²) < 4.78 is 13.3. The van der Waals surface area contributed by atoms with Gasteiger partial charge in [-0.15, -0.1) is 11.8 Å². The van der Waals surface area contributed by atoms with Crippen molar-refractivity contribution in [3.63, 3.8) is 0 Å². The van der Waals surface area contributed by atoms with E-state index in [2.05, 4.69) is 12.2 Å². The Morgan fingerprint density at radius 3 is 2.64 bits per heavy atom. The van der Waals surface area contributed by atoms with E-state index >= 15 is 0 Å². The summed E-state index contributed by atoms with van der Waals surface area (Å²) in [4.78, 5) is 23.5. The maximum Gasteiger partial charge on any atom is 0.330 e. The van der Waals surface area contributed by atoms with E-state index in [1.807, 2.05) is 0 Å². The van der Waals surface area contributed by atoms with Gasteiger partial charge in [-0.1, -0.05) is 25.5 Å². The zero-order chi connectivity index (χ0) is 16.7. The molecule has 2 N–H and O–H groups in total. The van der Waals surface area contributed by atoms with Crippen LogP contribution < -0.4 is 5.32 Å². The molecular formula is C16H22FNO3S. The van der Waals surface area contributed by atoms with Crippen LogP contribution in [0.5, 0.6) is 0 Å². The van der Waals surface area contributed by atoms with Crippen LogP contribution in [0.1, 0.15) is 43.9 Å². The van der Waals surface area contributed by atoms with Crippen molar-refractivity contribution in [2.24, 2.45) is 0 Å². The van der Waals surface area contributed by atoms with Gasteiger partial charge in [0.05, 0.1) is 5.25 Å². The molecule has 0 bridgehead atoms. The molecule has 2 unspecified atom stereocenters. The number of unbranched alkanes of at least 4 members (excludes halogenated alkanes) is 1. The summed E-state index contributed by atoms with van der Waals surface area (Å²) in [7, 11) is 0. The maximum atomic E-state index is 13.3. The van der Waals surface area contributed by atoms with E-state index in [9.17, 15) is 19.1 Å². The molecule has 0 aliphatic heterocycles. The molecule has 0 spiro atoms. The van der Waals surface area contributed by atoms with E-state index in [1.54, 1.807) is 13.8 Å². The number of hydrogen-bond acceptors (Lipinski definition) is 3. The van der Waals surface area contributed by atoms with Gasteiger partial charge >= 0.3 is 5.97 Å². The predicted octanol–water partition coefficient (Wildman–Crippen LogP) is 3.30. The summed E-state index contributed by atoms with van der Waals surface area (Å²) in [6.45, 7) is 5.38. The van der Waals surface area contributed by atoms with Crippen LogP contribution in [0, 0.1) is 12.7 Å². The lowest BCUT2D eigenvalue weighted by Crippen LogP contribution is -2.38. The Hall–Kier alpha value is -1.56. The number of aliphatic carboxylic acids is 1. The number of hydrogen-bond donors (Lipinski definition) is 2. The van der Waals surface area contributed by atoms with Gasteiger partial charge in [-0.05, 0) is 43.2 Å². The number of benzene rings is 1. The standard InChI is InChI=1S/C16H22FNO3S/c1-4-5-8-22-11(3)15(19)18-14(16(20)21)12-6-7-13(17)10(2)9-12/h6-7,9,11,14H,4-5,8H2,1-3H3,(H,18,19)(H,20,21). The molecule has 4 nitrogen and oxygen atoms in total. The summed E-state index contributed by atoms with van der Waals surface area (Å²) >= 11 is 1.50. The van der Waals surface area contributed by atoms with Crippen LogP contribution in [0.3, 0.4) is 0 Å². The fourth-order valence-corrected chi connectivity index (χ4v) is 2.90. The summed E-state index contributed by atoms with van der Waals surface area (Å²) in [6, 6.07) is 2.88. The largest absolute Gasteiger partial charge is 0.479 e. The van der Waals surface area contributed by atoms with E-state index in [0.29, 0.717) is 11.1 Å². The molecule has 0 aliphatic carbocycles. The third-order valence-electron chi connectivity index (χ3n) is 3.28. The summed E-state index contributed by atoms with van der Waals surface area (Å²) in [5.74, 6) is -1.03. The first kappa shape index (κ1) is 18.5. The van der Waals surface area contributed by atoms with Crippen LogP contribution in [-0.4, -0.2) is 28.0 Å². The number of carbonyl (C=O) groups excluding carboxylic acids is 1. The molecule has 22 heavy (non-hydrogen) atoms. The van der Waals surface area contributed by atoms with Crippen LogP contribution >= 0.6 is 11.8 Å². The molecule has 1 amide bonds. The molecule has 0 aromatic heterocycles. The Kier molecular flexibility index (Phi) is 7.38. The lowest BCUT2D eigenvalue weighted by atomic mass is 10.0. The van der Waals surface area contributed by atoms with Crippen molar-refractivity contribution in [3.05, 3.63) is 35.1 Å². The van der Waals surface area contributed by atoms with Crippen LogP contribution in [0.2, 0.25) is 0 Å². The third-order valence-corrected chi connectivity index (χ3v) is 4.52. The first-order valence-electron chi connectivity index (χ1n) is 7.27. The molecule has 6 heteroatoms. The van der Waals surface area contributed by atoms with Gasteiger partial charge in [0, 0.05) is 0 Å². The van der Waals surface area contributed by atoms with Gasteiger partial charge in [0.25, 0.3) is 0 Å². The summed E-state index contributed by atoms with van der Waals surface area (Å²) in [6.07, 6.45) is 2.07. The average molecular weight is 327 g/mol. The molecule has 0 heterocycles. The number of nitrogens with one attached hydrogen (secondary N) is 1. The Balaban J connectivity index is 2.77. The highest BCUT2D eigenvalue weighted by molar-refractivity contribution is 8.00. The van der Waals surface area contributed by atoms with E-state index in [-0.39, 0.29) is 11.2 Å². The fourth-order valence-electron chi connectivity index (χ4n) is 1.87. The van der Waals surface area contributed by atoms with Gasteiger partial charge < -0.3 is 10.4 Å². The molecule has 0 radical (unpaired) electrons. The Morgan fingerprint density at radius 1 is 1.41 bits per heavy atom. The van der Waals surface area contributed by atoms with Crippen molar-refractivity contribution in [3.8, 4) is 0 Å². The second-order valence-corrected chi connectivity index (χ2v) is 6.60. The van der Waals surface area contributed by atoms with E-state index in [1.165, 1.54) is 30.0 Å². The smallest absolute Gasteiger partial charge is 0.330 e. The number of carbonyl (C=O) groups is 2. The number of carboxylic acids is 1. The molecule has 122 valence electrons. The van der Waals surface area contributed by atoms with Crippen LogP contribution in [0.15, 0.2) is 18.2 Å². The number of halogens is 1. The Morgan fingerprint density at radius 2 is 2.09 bits per heavy atom. The minimum Gasteiger partial charge on any atom is -0.479 e. The first-order chi connectivity index (χ1) is 10.4. The number of rotatable bonds is 8. The summed E-state index contributed by atoms with van der Waals surface area (Å²) in [5, 5.41) is 11.5. The van der Waals surface area contributed by atoms with Gasteiger partial charge in [0.15, 0.2) is 6.04 Å². The van der Waals surface area contributed by atoms with Crippen molar-refractivity contribution in [1.29, 1.82) is 0 Å². The second kappa shape index (κ2) is 8.78. The first-order valence-corrected chi connectivity index (χ1v) is 8.32. The van der Waals surface area contributed by atoms with E-state index in [4.69, 9.17) is 0 Å². The number of aryl methyl sites for hydroxylation is 1. The van der Waals surface area contributed by atoms with Crippen molar-refractivity contribution in [2.45, 2.75) is 44.9 Å². The lowest BCUT2D eigenvalue weighted by Gasteiger charge is -2.18. The van der Waals surface area contributed by atoms with Gasteiger partial charge in [0.2, 0.25) is 5.91 Å². The molecule has 1 rings (SSSR count). The molecule has 1 aromatic rings. The minimum atomic E-state index is -1.17. The minimum absolute atomic E-state index is 0.324. The van der Waals surface area contributed by atoms with Gasteiger partial charge in [-0.3, -0.25) is 4.79 Å². The molecule has 0 saturated carbocycles. The lowest BCUT2D eigenvalue weighted by molar-refractivity contribution is -0.141. The van der Waals surface area contributed by atoms with Crippen LogP contribution in [-0.2, 0) is 9.59 Å². The molecule has 0 saturated heterocycles. The SMILES string of the molecule is CCCCSC(C)C(=O)NC(C(=O)O)c1ccc(F)c(C)c1. The normalized spacial score (nSPS) is 13.5. The Bertz CT molecular complexity index is 536. The highest BCUT2D eigenvalue weighted by Gasteiger charge is 2.25. The quantitative estimate of drug-likeness (QED) is 0.719. The highest BCUT2D eigenvalue weighted by Crippen LogP contribution is 2.19. The van der Waals surface area contributed by atoms with Crippen molar-refractivity contribution >= 4 is 23.6 Å². The zero-order valence-corrected chi connectivity index (χ0v) is 13.9. The molecule has 0 aliphatic rings. The topological polar surface area (TPSA) is 66.4 Å². The summed E-state index contributed by atoms with van der Waals surface area (Å²) in [5.41, 5.74) is 0.717. The third kappa shape index (κ3) is 5.33. The van der Waals surface area contributed by atoms with Crippen molar-refractivity contribution in [2.75, 3.05) is 5.75 Å². The molecule has 0 fully saturated rings. The van der Waals surface area contributed by atoms with Crippen LogP contribution in [0.4, 0.5) is 4.39 Å². The monoisotopic (exact) mass is 327 g/mol. The van der Waals surface area contributed by atoms with Gasteiger partial charge in [-0.2, -0.15) is 0 Å². The van der Waals surface area contributed by atoms with Crippen LogP contribution in [0.25, 0.3) is 0 Å². The number of carboxylic acid groups (broad SMARTS) is 1. The molecular weight excluding hydrogens is 305 g/mol. The Labute approximate surface area is 134 Å². The van der Waals surface area contributed by atoms with E-state index < -0.39 is 17.8 Å². The van der Waals surface area contributed by atoms with Gasteiger partial charge in [0.1, 0.15) is 5.82 Å². The average Bonchev–Trinajstić information content (AvgIpc) is 2.47. The zero-order valence-electron chi connectivity index (χ0n) is 13.1. The molecule has 2 atom stereocenters. The van der Waals surface area contributed by atoms with Crippen molar-refractivity contribution < 1.29 is 19.1 Å². The number of thioether (sulfide) groups is 1. The second-order valence-electron chi connectivity index (χ2n) is 5.16.